The maximum atomic E-state index is 6.33. The van der Waals surface area contributed by atoms with Gasteiger partial charge in [0.15, 0.2) is 5.58 Å². The largest absolute Gasteiger partial charge is 0.436 e. The van der Waals surface area contributed by atoms with Crippen LogP contribution in [0.5, 0.6) is 0 Å². The van der Waals surface area contributed by atoms with Crippen LogP contribution in [0, 0.1) is 0 Å². The monoisotopic (exact) mass is 680 g/mol. The van der Waals surface area contributed by atoms with Gasteiger partial charge in [-0.25, -0.2) is 4.98 Å². The highest BCUT2D eigenvalue weighted by molar-refractivity contribution is 5.97. The number of fused-ring (bicyclic) bond motifs is 5. The normalized spacial score (nSPS) is 12.9. The molecule has 1 aromatic heterocycles. The Labute approximate surface area is 309 Å². The number of benzene rings is 8. The maximum Gasteiger partial charge on any atom is 0.227 e. The lowest BCUT2D eigenvalue weighted by Crippen LogP contribution is -2.16. The molecule has 10 rings (SSSR count). The van der Waals surface area contributed by atoms with Gasteiger partial charge in [-0.2, -0.15) is 0 Å². The van der Waals surface area contributed by atoms with Crippen molar-refractivity contribution in [3.8, 4) is 44.8 Å². The molecule has 9 aromatic rings. The molecule has 1 aliphatic carbocycles. The molecular weight excluding hydrogens is 645 g/mol. The second kappa shape index (κ2) is 12.2. The highest BCUT2D eigenvalue weighted by atomic mass is 16.3. The molecule has 0 saturated carbocycles. The summed E-state index contributed by atoms with van der Waals surface area (Å²) >= 11 is 0. The summed E-state index contributed by atoms with van der Waals surface area (Å²) in [6.07, 6.45) is 0. The third-order valence-corrected chi connectivity index (χ3v) is 10.9. The predicted molar refractivity (Wildman–Crippen MR) is 220 cm³/mol. The number of aromatic nitrogens is 1. The first-order chi connectivity index (χ1) is 26.0. The van der Waals surface area contributed by atoms with Crippen molar-refractivity contribution < 1.29 is 4.42 Å². The molecule has 1 heterocycles. The number of hydrogen-bond donors (Lipinski definition) is 0. The first-order valence-corrected chi connectivity index (χ1v) is 18.2. The van der Waals surface area contributed by atoms with Crippen LogP contribution >= 0.6 is 0 Å². The molecule has 0 atom stereocenters. The summed E-state index contributed by atoms with van der Waals surface area (Å²) in [6.45, 7) is 4.66. The van der Waals surface area contributed by atoms with Crippen molar-refractivity contribution in [2.24, 2.45) is 0 Å². The van der Waals surface area contributed by atoms with Gasteiger partial charge in [-0.3, -0.25) is 0 Å². The molecule has 3 heteroatoms. The Morgan fingerprint density at radius 2 is 1.15 bits per heavy atom. The highest BCUT2D eigenvalue weighted by Crippen LogP contribution is 2.54. The second-order valence-electron chi connectivity index (χ2n) is 14.4. The molecule has 0 unspecified atom stereocenters. The Morgan fingerprint density at radius 3 is 2.02 bits per heavy atom. The molecule has 53 heavy (non-hydrogen) atoms. The van der Waals surface area contributed by atoms with E-state index in [4.69, 9.17) is 9.40 Å². The van der Waals surface area contributed by atoms with Crippen LogP contribution < -0.4 is 4.90 Å². The van der Waals surface area contributed by atoms with Gasteiger partial charge in [-0.15, -0.1) is 0 Å². The van der Waals surface area contributed by atoms with Gasteiger partial charge in [0.25, 0.3) is 0 Å². The summed E-state index contributed by atoms with van der Waals surface area (Å²) < 4.78 is 6.33. The summed E-state index contributed by atoms with van der Waals surface area (Å²) in [5.41, 5.74) is 15.5. The van der Waals surface area contributed by atoms with E-state index in [1.165, 1.54) is 55.3 Å². The first kappa shape index (κ1) is 31.1. The van der Waals surface area contributed by atoms with Gasteiger partial charge in [0.1, 0.15) is 5.52 Å². The van der Waals surface area contributed by atoms with Crippen molar-refractivity contribution in [2.45, 2.75) is 19.3 Å². The Balaban J connectivity index is 1.12. The van der Waals surface area contributed by atoms with Crippen molar-refractivity contribution in [3.63, 3.8) is 0 Å². The Kier molecular flexibility index (Phi) is 7.16. The summed E-state index contributed by atoms with van der Waals surface area (Å²) in [7, 11) is 0. The van der Waals surface area contributed by atoms with E-state index in [1.807, 2.05) is 24.3 Å². The summed E-state index contributed by atoms with van der Waals surface area (Å²) in [5.74, 6) is 0.654. The second-order valence-corrected chi connectivity index (χ2v) is 14.4. The van der Waals surface area contributed by atoms with Crippen LogP contribution in [0.4, 0.5) is 17.1 Å². The summed E-state index contributed by atoms with van der Waals surface area (Å²) in [5, 5.41) is 2.50. The molecule has 252 valence electrons. The topological polar surface area (TPSA) is 29.3 Å². The Morgan fingerprint density at radius 1 is 0.472 bits per heavy atom. The van der Waals surface area contributed by atoms with Gasteiger partial charge in [-0.1, -0.05) is 141 Å². The number of rotatable bonds is 6. The van der Waals surface area contributed by atoms with E-state index in [0.29, 0.717) is 5.89 Å². The Bertz CT molecular complexity index is 2770. The molecule has 1 aliphatic rings. The number of anilines is 3. The average Bonchev–Trinajstić information content (AvgIpc) is 3.75. The minimum Gasteiger partial charge on any atom is -0.436 e. The maximum absolute atomic E-state index is 6.33. The molecule has 0 bridgehead atoms. The number of hydrogen-bond acceptors (Lipinski definition) is 3. The van der Waals surface area contributed by atoms with Gasteiger partial charge >= 0.3 is 0 Å². The fourth-order valence-electron chi connectivity index (χ4n) is 8.25. The molecular formula is C50H36N2O. The van der Waals surface area contributed by atoms with Gasteiger partial charge in [-0.05, 0) is 110 Å². The Hall–Kier alpha value is -6.71. The van der Waals surface area contributed by atoms with E-state index in [2.05, 4.69) is 176 Å². The minimum absolute atomic E-state index is 0.238. The zero-order chi connectivity index (χ0) is 35.5. The van der Waals surface area contributed by atoms with Gasteiger partial charge in [0.2, 0.25) is 5.89 Å². The summed E-state index contributed by atoms with van der Waals surface area (Å²) in [6, 6.07) is 65.1. The predicted octanol–water partition coefficient (Wildman–Crippen LogP) is 13.8. The van der Waals surface area contributed by atoms with Crippen LogP contribution in [0.1, 0.15) is 25.0 Å². The van der Waals surface area contributed by atoms with Crippen LogP contribution in [0.3, 0.4) is 0 Å². The molecule has 0 N–H and O–H groups in total. The molecule has 0 amide bonds. The molecule has 0 fully saturated rings. The van der Waals surface area contributed by atoms with E-state index < -0.39 is 0 Å². The van der Waals surface area contributed by atoms with Crippen molar-refractivity contribution >= 4 is 38.9 Å². The molecule has 0 saturated heterocycles. The quantitative estimate of drug-likeness (QED) is 0.175. The van der Waals surface area contributed by atoms with Crippen LogP contribution in [-0.4, -0.2) is 4.98 Å². The minimum atomic E-state index is -0.238. The highest BCUT2D eigenvalue weighted by Gasteiger charge is 2.38. The molecule has 3 nitrogen and oxygen atoms in total. The first-order valence-electron chi connectivity index (χ1n) is 18.2. The standard InChI is InChI=1S/C50H36N2O/c1-50(2)44-22-12-21-43(49-51-46-23-8-9-24-47(46)53-49)48(44)42-30-29-39(32-45(42)50)52(38-18-10-17-36(31-38)33-13-4-3-5-14-33)37-27-25-35(26-28-37)41-20-11-16-34-15-6-7-19-40(34)41/h3-32H,1-2H3. The smallest absolute Gasteiger partial charge is 0.227 e. The average molecular weight is 681 g/mol. The SMILES string of the molecule is CC1(C)c2cc(N(c3ccc(-c4cccc5ccccc45)cc3)c3cccc(-c4ccccc4)c3)ccc2-c2c(-c3nc4ccccc4o3)cccc21. The molecule has 0 aliphatic heterocycles. The van der Waals surface area contributed by atoms with Crippen LogP contribution in [0.2, 0.25) is 0 Å². The summed E-state index contributed by atoms with van der Waals surface area (Å²) in [4.78, 5) is 7.30. The van der Waals surface area contributed by atoms with Gasteiger partial charge in [0.05, 0.1) is 0 Å². The number of nitrogens with zero attached hydrogens (tertiary/aromatic N) is 2. The van der Waals surface area contributed by atoms with Crippen LogP contribution in [0.15, 0.2) is 186 Å². The van der Waals surface area contributed by atoms with Gasteiger partial charge in [0, 0.05) is 28.0 Å². The number of para-hydroxylation sites is 2. The van der Waals surface area contributed by atoms with E-state index in [1.54, 1.807) is 0 Å². The lowest BCUT2D eigenvalue weighted by Gasteiger charge is -2.28. The van der Waals surface area contributed by atoms with Crippen LogP contribution in [0.25, 0.3) is 66.7 Å². The number of oxazole rings is 1. The lowest BCUT2D eigenvalue weighted by molar-refractivity contribution is 0.619. The van der Waals surface area contributed by atoms with Crippen LogP contribution in [-0.2, 0) is 5.41 Å². The van der Waals surface area contributed by atoms with Crippen molar-refractivity contribution in [1.82, 2.24) is 4.98 Å². The van der Waals surface area contributed by atoms with Crippen molar-refractivity contribution in [3.05, 3.63) is 193 Å². The van der Waals surface area contributed by atoms with Crippen molar-refractivity contribution in [1.29, 1.82) is 0 Å². The third-order valence-electron chi connectivity index (χ3n) is 10.9. The van der Waals surface area contributed by atoms with Gasteiger partial charge < -0.3 is 9.32 Å². The van der Waals surface area contributed by atoms with E-state index >= 15 is 0 Å². The van der Waals surface area contributed by atoms with Crippen molar-refractivity contribution in [2.75, 3.05) is 4.90 Å². The fraction of sp³-hybridized carbons (Fsp3) is 0.0600. The van der Waals surface area contributed by atoms with E-state index in [0.717, 1.165) is 33.7 Å². The molecule has 0 radical (unpaired) electrons. The van der Waals surface area contributed by atoms with E-state index in [-0.39, 0.29) is 5.41 Å². The van der Waals surface area contributed by atoms with E-state index in [9.17, 15) is 0 Å². The third kappa shape index (κ3) is 5.16. The lowest BCUT2D eigenvalue weighted by atomic mass is 9.82. The molecule has 0 spiro atoms. The molecule has 8 aromatic carbocycles. The zero-order valence-corrected chi connectivity index (χ0v) is 29.6. The fourth-order valence-corrected chi connectivity index (χ4v) is 8.25. The zero-order valence-electron chi connectivity index (χ0n) is 29.6.